The molecular weight excluding hydrogens is 320 g/mol. The standard InChI is InChI=1S/C12H17BrO4S/c1-12(2,14)7-8-17-18(15,16)11-5-3-10(9-13)4-6-11/h3-6,14H,7-9H2,1-2H3. The first-order chi connectivity index (χ1) is 8.24. The molecule has 0 atom stereocenters. The first-order valence-electron chi connectivity index (χ1n) is 5.51. The zero-order chi connectivity index (χ0) is 13.8. The van der Waals surface area contributed by atoms with Crippen molar-refractivity contribution in [2.24, 2.45) is 0 Å². The molecule has 6 heteroatoms. The summed E-state index contributed by atoms with van der Waals surface area (Å²) in [6.07, 6.45) is 0.256. The van der Waals surface area contributed by atoms with Gasteiger partial charge in [0.05, 0.1) is 17.1 Å². The van der Waals surface area contributed by atoms with E-state index in [1.54, 1.807) is 26.0 Å². The molecule has 1 rings (SSSR count). The highest BCUT2D eigenvalue weighted by Crippen LogP contribution is 2.16. The molecule has 0 aliphatic rings. The van der Waals surface area contributed by atoms with E-state index >= 15 is 0 Å². The summed E-state index contributed by atoms with van der Waals surface area (Å²) in [5.41, 5.74) is 0.0560. The van der Waals surface area contributed by atoms with Crippen LogP contribution < -0.4 is 0 Å². The van der Waals surface area contributed by atoms with E-state index in [2.05, 4.69) is 15.9 Å². The summed E-state index contributed by atoms with van der Waals surface area (Å²) in [4.78, 5) is 0.128. The van der Waals surface area contributed by atoms with Gasteiger partial charge in [-0.05, 0) is 31.5 Å². The number of hydrogen-bond acceptors (Lipinski definition) is 4. The first-order valence-corrected chi connectivity index (χ1v) is 8.04. The van der Waals surface area contributed by atoms with Crippen LogP contribution in [-0.4, -0.2) is 25.7 Å². The molecule has 0 saturated heterocycles. The van der Waals surface area contributed by atoms with Crippen LogP contribution in [0, 0.1) is 0 Å². The fraction of sp³-hybridized carbons (Fsp3) is 0.500. The van der Waals surface area contributed by atoms with Gasteiger partial charge in [-0.3, -0.25) is 4.18 Å². The van der Waals surface area contributed by atoms with Crippen molar-refractivity contribution in [3.05, 3.63) is 29.8 Å². The molecule has 1 N–H and O–H groups in total. The second kappa shape index (κ2) is 6.14. The number of hydrogen-bond donors (Lipinski definition) is 1. The Bertz CT molecular complexity index is 474. The first kappa shape index (κ1) is 15.6. The quantitative estimate of drug-likeness (QED) is 0.640. The van der Waals surface area contributed by atoms with Crippen LogP contribution in [0.1, 0.15) is 25.8 Å². The minimum Gasteiger partial charge on any atom is -0.390 e. The molecule has 4 nitrogen and oxygen atoms in total. The Morgan fingerprint density at radius 1 is 1.28 bits per heavy atom. The van der Waals surface area contributed by atoms with Gasteiger partial charge in [0.1, 0.15) is 0 Å². The molecule has 0 amide bonds. The summed E-state index contributed by atoms with van der Waals surface area (Å²) in [5, 5.41) is 10.1. The van der Waals surface area contributed by atoms with Crippen LogP contribution in [0.4, 0.5) is 0 Å². The van der Waals surface area contributed by atoms with Gasteiger partial charge in [0.25, 0.3) is 10.1 Å². The van der Waals surface area contributed by atoms with Gasteiger partial charge in [-0.1, -0.05) is 28.1 Å². The highest BCUT2D eigenvalue weighted by molar-refractivity contribution is 9.08. The Balaban J connectivity index is 2.68. The molecular formula is C12H17BrO4S. The summed E-state index contributed by atoms with van der Waals surface area (Å²) < 4.78 is 28.5. The van der Waals surface area contributed by atoms with Crippen molar-refractivity contribution < 1.29 is 17.7 Å². The Morgan fingerprint density at radius 2 is 1.83 bits per heavy atom. The van der Waals surface area contributed by atoms with E-state index in [-0.39, 0.29) is 17.9 Å². The van der Waals surface area contributed by atoms with Crippen LogP contribution in [0.5, 0.6) is 0 Å². The molecule has 0 heterocycles. The summed E-state index contributed by atoms with van der Waals surface area (Å²) >= 11 is 3.29. The van der Waals surface area contributed by atoms with Crippen LogP contribution in [0.2, 0.25) is 0 Å². The molecule has 0 unspecified atom stereocenters. The van der Waals surface area contributed by atoms with Crippen molar-refractivity contribution in [3.63, 3.8) is 0 Å². The number of benzene rings is 1. The Kier molecular flexibility index (Phi) is 5.33. The second-order valence-corrected chi connectivity index (χ2v) is 6.79. The second-order valence-electron chi connectivity index (χ2n) is 4.62. The van der Waals surface area contributed by atoms with Crippen molar-refractivity contribution in [2.75, 3.05) is 6.61 Å². The largest absolute Gasteiger partial charge is 0.390 e. The van der Waals surface area contributed by atoms with E-state index in [0.717, 1.165) is 5.56 Å². The molecule has 0 fully saturated rings. The van der Waals surface area contributed by atoms with Gasteiger partial charge in [0, 0.05) is 11.8 Å². The van der Waals surface area contributed by atoms with E-state index in [4.69, 9.17) is 4.18 Å². The maximum absolute atomic E-state index is 11.8. The predicted octanol–water partition coefficient (Wildman–Crippen LogP) is 2.45. The van der Waals surface area contributed by atoms with Crippen molar-refractivity contribution >= 4 is 26.0 Å². The molecule has 0 saturated carbocycles. The summed E-state index contributed by atoms with van der Waals surface area (Å²) in [6.45, 7) is 3.17. The van der Waals surface area contributed by atoms with Crippen LogP contribution in [0.3, 0.4) is 0 Å². The number of rotatable bonds is 6. The lowest BCUT2D eigenvalue weighted by Gasteiger charge is -2.16. The smallest absolute Gasteiger partial charge is 0.296 e. The number of halogens is 1. The van der Waals surface area contributed by atoms with Gasteiger partial charge in [-0.15, -0.1) is 0 Å². The fourth-order valence-electron chi connectivity index (χ4n) is 1.21. The molecule has 0 bridgehead atoms. The van der Waals surface area contributed by atoms with E-state index in [1.807, 2.05) is 0 Å². The summed E-state index contributed by atoms with van der Waals surface area (Å²) in [6, 6.07) is 6.47. The van der Waals surface area contributed by atoms with Crippen molar-refractivity contribution in [1.82, 2.24) is 0 Å². The summed E-state index contributed by atoms with van der Waals surface area (Å²) in [5.74, 6) is 0. The van der Waals surface area contributed by atoms with Gasteiger partial charge >= 0.3 is 0 Å². The topological polar surface area (TPSA) is 63.6 Å². The van der Waals surface area contributed by atoms with Crippen LogP contribution in [0.15, 0.2) is 29.2 Å². The van der Waals surface area contributed by atoms with Crippen molar-refractivity contribution in [3.8, 4) is 0 Å². The zero-order valence-electron chi connectivity index (χ0n) is 10.4. The Hall–Kier alpha value is -0.430. The number of aliphatic hydroxyl groups is 1. The summed E-state index contributed by atoms with van der Waals surface area (Å²) in [7, 11) is -3.73. The molecule has 0 radical (unpaired) electrons. The van der Waals surface area contributed by atoms with Gasteiger partial charge < -0.3 is 5.11 Å². The minimum atomic E-state index is -3.73. The maximum Gasteiger partial charge on any atom is 0.296 e. The maximum atomic E-state index is 11.8. The lowest BCUT2D eigenvalue weighted by atomic mass is 10.1. The predicted molar refractivity (Wildman–Crippen MR) is 73.1 cm³/mol. The Labute approximate surface area is 116 Å². The monoisotopic (exact) mass is 336 g/mol. The molecule has 0 aliphatic heterocycles. The third kappa shape index (κ3) is 5.06. The van der Waals surface area contributed by atoms with Crippen molar-refractivity contribution in [2.45, 2.75) is 36.1 Å². The third-order valence-electron chi connectivity index (χ3n) is 2.32. The highest BCUT2D eigenvalue weighted by Gasteiger charge is 2.18. The third-order valence-corrected chi connectivity index (χ3v) is 4.29. The van der Waals surface area contributed by atoms with Gasteiger partial charge in [-0.25, -0.2) is 0 Å². The zero-order valence-corrected chi connectivity index (χ0v) is 12.8. The fourth-order valence-corrected chi connectivity index (χ4v) is 2.50. The van der Waals surface area contributed by atoms with E-state index in [9.17, 15) is 13.5 Å². The molecule has 0 aliphatic carbocycles. The van der Waals surface area contributed by atoms with Gasteiger partial charge in [-0.2, -0.15) is 8.42 Å². The lowest BCUT2D eigenvalue weighted by Crippen LogP contribution is -2.22. The van der Waals surface area contributed by atoms with Crippen LogP contribution >= 0.6 is 15.9 Å². The van der Waals surface area contributed by atoms with Crippen LogP contribution in [-0.2, 0) is 19.6 Å². The highest BCUT2D eigenvalue weighted by atomic mass is 79.9. The van der Waals surface area contributed by atoms with E-state index < -0.39 is 15.7 Å². The average molecular weight is 337 g/mol. The lowest BCUT2D eigenvalue weighted by molar-refractivity contribution is 0.0564. The van der Waals surface area contributed by atoms with Gasteiger partial charge in [0.2, 0.25) is 0 Å². The Morgan fingerprint density at radius 3 is 2.28 bits per heavy atom. The average Bonchev–Trinajstić information content (AvgIpc) is 2.27. The molecule has 102 valence electrons. The molecule has 1 aromatic rings. The van der Waals surface area contributed by atoms with E-state index in [0.29, 0.717) is 5.33 Å². The SMILES string of the molecule is CC(C)(O)CCOS(=O)(=O)c1ccc(CBr)cc1. The van der Waals surface area contributed by atoms with Gasteiger partial charge in [0.15, 0.2) is 0 Å². The minimum absolute atomic E-state index is 0.0357. The number of alkyl halides is 1. The van der Waals surface area contributed by atoms with Crippen LogP contribution in [0.25, 0.3) is 0 Å². The molecule has 0 spiro atoms. The molecule has 0 aromatic heterocycles. The van der Waals surface area contributed by atoms with Crippen molar-refractivity contribution in [1.29, 1.82) is 0 Å². The normalized spacial score (nSPS) is 12.7. The van der Waals surface area contributed by atoms with E-state index in [1.165, 1.54) is 12.1 Å². The molecule has 1 aromatic carbocycles. The molecule has 18 heavy (non-hydrogen) atoms.